The van der Waals surface area contributed by atoms with Crippen LogP contribution in [0.4, 0.5) is 5.69 Å². The third-order valence-electron chi connectivity index (χ3n) is 3.83. The smallest absolute Gasteiger partial charge is 0.308 e. The number of ether oxygens (including phenoxy) is 2. The van der Waals surface area contributed by atoms with Crippen LogP contribution in [0.2, 0.25) is 0 Å². The molecule has 4 nitrogen and oxygen atoms in total. The zero-order valence-corrected chi connectivity index (χ0v) is 14.1. The lowest BCUT2D eigenvalue weighted by Crippen LogP contribution is -2.32. The molecule has 1 aromatic rings. The lowest BCUT2D eigenvalue weighted by molar-refractivity contribution is -0.149. The SMILES string of the molecule is CCOC(=O)C1CCCC(Nc2cc(OC)ccc2Br)C1. The molecular formula is C16H22BrNO3. The molecule has 5 heteroatoms. The van der Waals surface area contributed by atoms with Crippen molar-refractivity contribution >= 4 is 27.6 Å². The fourth-order valence-electron chi connectivity index (χ4n) is 2.76. The summed E-state index contributed by atoms with van der Waals surface area (Å²) in [5.74, 6) is 0.771. The summed E-state index contributed by atoms with van der Waals surface area (Å²) >= 11 is 3.55. The fraction of sp³-hybridized carbons (Fsp3) is 0.562. The highest BCUT2D eigenvalue weighted by atomic mass is 79.9. The molecule has 0 bridgehead atoms. The van der Waals surface area contributed by atoms with E-state index in [1.54, 1.807) is 7.11 Å². The molecule has 0 spiro atoms. The van der Waals surface area contributed by atoms with Crippen LogP contribution < -0.4 is 10.1 Å². The molecule has 2 unspecified atom stereocenters. The standard InChI is InChI=1S/C16H22BrNO3/c1-3-21-16(19)11-5-4-6-12(9-11)18-15-10-13(20-2)7-8-14(15)17/h7-8,10-12,18H,3-6,9H2,1-2H3. The highest BCUT2D eigenvalue weighted by Crippen LogP contribution is 2.32. The third-order valence-corrected chi connectivity index (χ3v) is 4.52. The van der Waals surface area contributed by atoms with Gasteiger partial charge in [-0.25, -0.2) is 0 Å². The van der Waals surface area contributed by atoms with Gasteiger partial charge in [0, 0.05) is 16.6 Å². The first kappa shape index (κ1) is 16.1. The van der Waals surface area contributed by atoms with Gasteiger partial charge in [-0.15, -0.1) is 0 Å². The number of halogens is 1. The predicted molar refractivity (Wildman–Crippen MR) is 86.7 cm³/mol. The Balaban J connectivity index is 2.00. The maximum Gasteiger partial charge on any atom is 0.308 e. The van der Waals surface area contributed by atoms with E-state index in [0.717, 1.165) is 41.6 Å². The van der Waals surface area contributed by atoms with Gasteiger partial charge in [0.2, 0.25) is 0 Å². The second kappa shape index (κ2) is 7.69. The number of hydrogen-bond acceptors (Lipinski definition) is 4. The van der Waals surface area contributed by atoms with Gasteiger partial charge in [0.1, 0.15) is 5.75 Å². The van der Waals surface area contributed by atoms with Crippen molar-refractivity contribution in [1.82, 2.24) is 0 Å². The van der Waals surface area contributed by atoms with Crippen LogP contribution in [0.15, 0.2) is 22.7 Å². The molecule has 2 rings (SSSR count). The number of benzene rings is 1. The Kier molecular flexibility index (Phi) is 5.91. The van der Waals surface area contributed by atoms with Crippen molar-refractivity contribution in [2.24, 2.45) is 5.92 Å². The molecule has 21 heavy (non-hydrogen) atoms. The van der Waals surface area contributed by atoms with E-state index in [1.165, 1.54) is 0 Å². The number of esters is 1. The van der Waals surface area contributed by atoms with Crippen molar-refractivity contribution in [2.75, 3.05) is 19.0 Å². The summed E-state index contributed by atoms with van der Waals surface area (Å²) in [6.07, 6.45) is 3.86. The molecule has 1 aliphatic carbocycles. The van der Waals surface area contributed by atoms with Crippen LogP contribution in [-0.4, -0.2) is 25.7 Å². The zero-order chi connectivity index (χ0) is 15.2. The first-order valence-electron chi connectivity index (χ1n) is 7.40. The lowest BCUT2D eigenvalue weighted by atomic mass is 9.85. The summed E-state index contributed by atoms with van der Waals surface area (Å²) in [4.78, 5) is 11.9. The summed E-state index contributed by atoms with van der Waals surface area (Å²) in [7, 11) is 1.66. The van der Waals surface area contributed by atoms with E-state index >= 15 is 0 Å². The Morgan fingerprint density at radius 3 is 2.95 bits per heavy atom. The molecule has 1 fully saturated rings. The van der Waals surface area contributed by atoms with Gasteiger partial charge in [-0.3, -0.25) is 4.79 Å². The van der Waals surface area contributed by atoms with Crippen molar-refractivity contribution in [3.8, 4) is 5.75 Å². The van der Waals surface area contributed by atoms with Gasteiger partial charge < -0.3 is 14.8 Å². The molecule has 0 radical (unpaired) electrons. The second-order valence-corrected chi connectivity index (χ2v) is 6.16. The van der Waals surface area contributed by atoms with E-state index in [2.05, 4.69) is 21.2 Å². The van der Waals surface area contributed by atoms with Crippen LogP contribution in [0.1, 0.15) is 32.6 Å². The summed E-state index contributed by atoms with van der Waals surface area (Å²) in [6, 6.07) is 6.14. The van der Waals surface area contributed by atoms with E-state index in [9.17, 15) is 4.79 Å². The molecule has 0 aliphatic heterocycles. The number of carbonyl (C=O) groups is 1. The quantitative estimate of drug-likeness (QED) is 0.811. The molecule has 1 N–H and O–H groups in total. The number of carbonyl (C=O) groups excluding carboxylic acids is 1. The lowest BCUT2D eigenvalue weighted by Gasteiger charge is -2.29. The maximum absolute atomic E-state index is 11.9. The van der Waals surface area contributed by atoms with Crippen molar-refractivity contribution in [3.05, 3.63) is 22.7 Å². The Labute approximate surface area is 134 Å². The number of hydrogen-bond donors (Lipinski definition) is 1. The first-order valence-corrected chi connectivity index (χ1v) is 8.20. The Hall–Kier alpha value is -1.23. The predicted octanol–water partition coefficient (Wildman–Crippen LogP) is 3.99. The summed E-state index contributed by atoms with van der Waals surface area (Å²) < 4.78 is 11.4. The summed E-state index contributed by atoms with van der Waals surface area (Å²) in [5.41, 5.74) is 1.00. The van der Waals surface area contributed by atoms with Gasteiger partial charge >= 0.3 is 5.97 Å². The van der Waals surface area contributed by atoms with Crippen LogP contribution in [0.25, 0.3) is 0 Å². The zero-order valence-electron chi connectivity index (χ0n) is 12.5. The highest BCUT2D eigenvalue weighted by molar-refractivity contribution is 9.10. The third kappa shape index (κ3) is 4.37. The largest absolute Gasteiger partial charge is 0.497 e. The van der Waals surface area contributed by atoms with Crippen LogP contribution in [-0.2, 0) is 9.53 Å². The van der Waals surface area contributed by atoms with Crippen LogP contribution in [0, 0.1) is 5.92 Å². The molecule has 0 amide bonds. The Morgan fingerprint density at radius 2 is 2.24 bits per heavy atom. The van der Waals surface area contributed by atoms with Crippen molar-refractivity contribution in [3.63, 3.8) is 0 Å². The molecule has 0 heterocycles. The molecule has 1 saturated carbocycles. The van der Waals surface area contributed by atoms with Gasteiger partial charge in [0.25, 0.3) is 0 Å². The Morgan fingerprint density at radius 1 is 1.43 bits per heavy atom. The van der Waals surface area contributed by atoms with Crippen LogP contribution in [0.5, 0.6) is 5.75 Å². The van der Waals surface area contributed by atoms with Gasteiger partial charge in [-0.1, -0.05) is 6.42 Å². The van der Waals surface area contributed by atoms with E-state index in [4.69, 9.17) is 9.47 Å². The molecule has 1 aromatic carbocycles. The highest BCUT2D eigenvalue weighted by Gasteiger charge is 2.28. The molecule has 2 atom stereocenters. The average molecular weight is 356 g/mol. The Bertz CT molecular complexity index is 492. The van der Waals surface area contributed by atoms with Gasteiger partial charge in [0.15, 0.2) is 0 Å². The van der Waals surface area contributed by atoms with Crippen molar-refractivity contribution in [2.45, 2.75) is 38.6 Å². The number of methoxy groups -OCH3 is 1. The number of nitrogens with one attached hydrogen (secondary N) is 1. The molecule has 1 aliphatic rings. The molecule has 0 saturated heterocycles. The maximum atomic E-state index is 11.9. The van der Waals surface area contributed by atoms with E-state index in [-0.39, 0.29) is 17.9 Å². The second-order valence-electron chi connectivity index (χ2n) is 5.30. The van der Waals surface area contributed by atoms with Gasteiger partial charge in [-0.2, -0.15) is 0 Å². The average Bonchev–Trinajstić information content (AvgIpc) is 2.50. The minimum atomic E-state index is -0.0614. The molecule has 0 aromatic heterocycles. The summed E-state index contributed by atoms with van der Waals surface area (Å²) in [6.45, 7) is 2.30. The molecule has 116 valence electrons. The van der Waals surface area contributed by atoms with E-state index in [1.807, 2.05) is 25.1 Å². The topological polar surface area (TPSA) is 47.6 Å². The monoisotopic (exact) mass is 355 g/mol. The van der Waals surface area contributed by atoms with E-state index in [0.29, 0.717) is 6.61 Å². The molecular weight excluding hydrogens is 334 g/mol. The minimum Gasteiger partial charge on any atom is -0.497 e. The van der Waals surface area contributed by atoms with Gasteiger partial charge in [-0.05, 0) is 54.2 Å². The first-order chi connectivity index (χ1) is 10.1. The van der Waals surface area contributed by atoms with Crippen LogP contribution in [0.3, 0.4) is 0 Å². The summed E-state index contributed by atoms with van der Waals surface area (Å²) in [5, 5.41) is 3.52. The van der Waals surface area contributed by atoms with E-state index < -0.39 is 0 Å². The fourth-order valence-corrected chi connectivity index (χ4v) is 3.12. The normalized spacial score (nSPS) is 21.7. The van der Waals surface area contributed by atoms with Gasteiger partial charge in [0.05, 0.1) is 25.3 Å². The minimum absolute atomic E-state index is 0.0144. The number of anilines is 1. The number of rotatable bonds is 5. The van der Waals surface area contributed by atoms with Crippen LogP contribution >= 0.6 is 15.9 Å². The van der Waals surface area contributed by atoms with Crippen molar-refractivity contribution in [1.29, 1.82) is 0 Å². The van der Waals surface area contributed by atoms with Crippen molar-refractivity contribution < 1.29 is 14.3 Å².